The number of benzene rings is 4. The van der Waals surface area contributed by atoms with E-state index in [9.17, 15) is 4.79 Å². The maximum absolute atomic E-state index is 13.5. The first-order valence-electron chi connectivity index (χ1n) is 14.0. The molecule has 41 heavy (non-hydrogen) atoms. The second-order valence-electron chi connectivity index (χ2n) is 10.3. The van der Waals surface area contributed by atoms with Crippen LogP contribution in [-0.4, -0.2) is 10.8 Å². The van der Waals surface area contributed by atoms with Crippen LogP contribution in [0.25, 0.3) is 11.3 Å². The number of allylic oxidation sites excluding steroid dienone is 2. The minimum Gasteiger partial charge on any atom is -0.402 e. The van der Waals surface area contributed by atoms with Crippen molar-refractivity contribution >= 4 is 11.5 Å². The Bertz CT molecular complexity index is 1540. The summed E-state index contributed by atoms with van der Waals surface area (Å²) < 4.78 is 0. The first-order valence-corrected chi connectivity index (χ1v) is 14.0. The van der Waals surface area contributed by atoms with E-state index < -0.39 is 0 Å². The second-order valence-corrected chi connectivity index (χ2v) is 10.3. The molecule has 4 heteroatoms. The summed E-state index contributed by atoms with van der Waals surface area (Å²) in [6.45, 7) is 3.44. The smallest absolute Gasteiger partial charge is 0.164 e. The highest BCUT2D eigenvalue weighted by atomic mass is 16.1. The van der Waals surface area contributed by atoms with Crippen molar-refractivity contribution in [1.29, 1.82) is 0 Å². The van der Waals surface area contributed by atoms with Crippen molar-refractivity contribution in [3.8, 4) is 11.3 Å². The van der Waals surface area contributed by atoms with Crippen LogP contribution in [0.3, 0.4) is 0 Å². The molecule has 0 amide bonds. The van der Waals surface area contributed by atoms with Gasteiger partial charge in [0, 0.05) is 54.6 Å². The molecule has 0 spiro atoms. The number of anilines is 1. The van der Waals surface area contributed by atoms with Crippen LogP contribution < -0.4 is 10.6 Å². The summed E-state index contributed by atoms with van der Waals surface area (Å²) in [6.07, 6.45) is 3.90. The first kappa shape index (κ1) is 27.6. The quantitative estimate of drug-likeness (QED) is 0.175. The SMILES string of the molecule is C[C@H](C(=O)/C=C(\N)Cc1ccc(-c2ccccn2)cc1)c1ccccc1N(Cc1ccccc1)Cc1ccccc1. The van der Waals surface area contributed by atoms with Crippen molar-refractivity contribution in [3.05, 3.63) is 168 Å². The standard InChI is InChI=1S/C37H35N3O/c1-28(37(41)25-33(38)24-29-19-21-32(22-20-29)35-17-10-11-23-39-35)34-16-8-9-18-36(34)40(26-30-12-4-2-5-13-30)27-31-14-6-3-7-15-31/h2-23,25,28H,24,26-27,38H2,1H3/b33-25-/t28-/m0/s1. The van der Waals surface area contributed by atoms with E-state index in [1.165, 1.54) is 11.1 Å². The molecule has 204 valence electrons. The van der Waals surface area contributed by atoms with Crippen molar-refractivity contribution in [2.45, 2.75) is 32.4 Å². The van der Waals surface area contributed by atoms with E-state index in [1.54, 1.807) is 12.3 Å². The van der Waals surface area contributed by atoms with Gasteiger partial charge in [-0.05, 0) is 40.5 Å². The fourth-order valence-electron chi connectivity index (χ4n) is 5.05. The van der Waals surface area contributed by atoms with Crippen molar-refractivity contribution in [1.82, 2.24) is 4.98 Å². The zero-order valence-corrected chi connectivity index (χ0v) is 23.4. The van der Waals surface area contributed by atoms with Crippen LogP contribution in [-0.2, 0) is 24.3 Å². The molecule has 5 aromatic rings. The molecule has 0 saturated carbocycles. The topological polar surface area (TPSA) is 59.2 Å². The molecule has 0 aliphatic carbocycles. The lowest BCUT2D eigenvalue weighted by atomic mass is 9.93. The maximum Gasteiger partial charge on any atom is 0.164 e. The Hall–Kier alpha value is -4.96. The Morgan fingerprint density at radius 1 is 0.732 bits per heavy atom. The van der Waals surface area contributed by atoms with Crippen molar-refractivity contribution in [3.63, 3.8) is 0 Å². The monoisotopic (exact) mass is 537 g/mol. The molecule has 0 unspecified atom stereocenters. The molecule has 4 nitrogen and oxygen atoms in total. The Morgan fingerprint density at radius 3 is 1.93 bits per heavy atom. The Kier molecular flexibility index (Phi) is 9.02. The summed E-state index contributed by atoms with van der Waals surface area (Å²) >= 11 is 0. The van der Waals surface area contributed by atoms with Crippen LogP contribution in [0.5, 0.6) is 0 Å². The molecule has 0 radical (unpaired) electrons. The number of pyridine rings is 1. The number of ketones is 1. The van der Waals surface area contributed by atoms with Gasteiger partial charge in [-0.3, -0.25) is 9.78 Å². The van der Waals surface area contributed by atoms with E-state index in [-0.39, 0.29) is 11.7 Å². The number of carbonyl (C=O) groups is 1. The number of para-hydroxylation sites is 1. The van der Waals surface area contributed by atoms with E-state index in [1.807, 2.05) is 73.7 Å². The lowest BCUT2D eigenvalue weighted by Crippen LogP contribution is -2.24. The third-order valence-electron chi connectivity index (χ3n) is 7.25. The second kappa shape index (κ2) is 13.4. The van der Waals surface area contributed by atoms with Gasteiger partial charge in [-0.15, -0.1) is 0 Å². The van der Waals surface area contributed by atoms with Gasteiger partial charge in [0.15, 0.2) is 5.78 Å². The molecule has 4 aromatic carbocycles. The molecule has 0 fully saturated rings. The summed E-state index contributed by atoms with van der Waals surface area (Å²) in [6, 6.07) is 43.1. The van der Waals surface area contributed by atoms with Gasteiger partial charge in [-0.25, -0.2) is 0 Å². The number of carbonyl (C=O) groups excluding carboxylic acids is 1. The van der Waals surface area contributed by atoms with Crippen LogP contribution in [0.4, 0.5) is 5.69 Å². The summed E-state index contributed by atoms with van der Waals surface area (Å²) in [5.41, 5.74) is 14.5. The van der Waals surface area contributed by atoms with Crippen LogP contribution >= 0.6 is 0 Å². The normalized spacial score (nSPS) is 12.1. The highest BCUT2D eigenvalue weighted by molar-refractivity contribution is 5.96. The van der Waals surface area contributed by atoms with Crippen molar-refractivity contribution in [2.75, 3.05) is 4.90 Å². The van der Waals surface area contributed by atoms with Crippen LogP contribution in [0, 0.1) is 0 Å². The van der Waals surface area contributed by atoms with E-state index in [4.69, 9.17) is 5.73 Å². The van der Waals surface area contributed by atoms with E-state index in [2.05, 4.69) is 70.5 Å². The average Bonchev–Trinajstić information content (AvgIpc) is 3.02. The number of aromatic nitrogens is 1. The van der Waals surface area contributed by atoms with Crippen molar-refractivity contribution < 1.29 is 4.79 Å². The highest BCUT2D eigenvalue weighted by Crippen LogP contribution is 2.31. The highest BCUT2D eigenvalue weighted by Gasteiger charge is 2.21. The first-order chi connectivity index (χ1) is 20.1. The zero-order chi connectivity index (χ0) is 28.4. The minimum atomic E-state index is -0.342. The summed E-state index contributed by atoms with van der Waals surface area (Å²) in [7, 11) is 0. The molecule has 0 aliphatic heterocycles. The van der Waals surface area contributed by atoms with Gasteiger partial charge in [0.25, 0.3) is 0 Å². The van der Waals surface area contributed by atoms with E-state index in [0.29, 0.717) is 12.1 Å². The molecular formula is C37H35N3O. The van der Waals surface area contributed by atoms with E-state index >= 15 is 0 Å². The minimum absolute atomic E-state index is 0.000530. The van der Waals surface area contributed by atoms with Gasteiger partial charge >= 0.3 is 0 Å². The molecule has 0 aliphatic rings. The number of hydrogen-bond acceptors (Lipinski definition) is 4. The molecule has 0 bridgehead atoms. The van der Waals surface area contributed by atoms with Gasteiger partial charge in [0.05, 0.1) is 5.69 Å². The fraction of sp³-hybridized carbons (Fsp3) is 0.135. The summed E-state index contributed by atoms with van der Waals surface area (Å²) in [5.74, 6) is -0.343. The van der Waals surface area contributed by atoms with Crippen LogP contribution in [0.15, 0.2) is 145 Å². The Labute approximate surface area is 242 Å². The number of hydrogen-bond donors (Lipinski definition) is 1. The lowest BCUT2D eigenvalue weighted by molar-refractivity contribution is -0.115. The lowest BCUT2D eigenvalue weighted by Gasteiger charge is -2.29. The maximum atomic E-state index is 13.5. The molecule has 1 atom stereocenters. The van der Waals surface area contributed by atoms with E-state index in [0.717, 1.165) is 41.2 Å². The number of nitrogens with zero attached hydrogens (tertiary/aromatic N) is 2. The van der Waals surface area contributed by atoms with Crippen LogP contribution in [0.1, 0.15) is 35.1 Å². The largest absolute Gasteiger partial charge is 0.402 e. The summed E-state index contributed by atoms with van der Waals surface area (Å²) in [5, 5.41) is 0. The predicted octanol–water partition coefficient (Wildman–Crippen LogP) is 7.71. The third-order valence-corrected chi connectivity index (χ3v) is 7.25. The van der Waals surface area contributed by atoms with Gasteiger partial charge < -0.3 is 10.6 Å². The zero-order valence-electron chi connectivity index (χ0n) is 23.4. The fourth-order valence-corrected chi connectivity index (χ4v) is 5.05. The van der Waals surface area contributed by atoms with Crippen molar-refractivity contribution in [2.24, 2.45) is 5.73 Å². The number of nitrogens with two attached hydrogens (primary N) is 1. The average molecular weight is 538 g/mol. The summed E-state index contributed by atoms with van der Waals surface area (Å²) in [4.78, 5) is 20.2. The molecule has 1 aromatic heterocycles. The number of rotatable bonds is 11. The van der Waals surface area contributed by atoms with Gasteiger partial charge in [0.1, 0.15) is 0 Å². The molecule has 5 rings (SSSR count). The van der Waals surface area contributed by atoms with Gasteiger partial charge in [0.2, 0.25) is 0 Å². The van der Waals surface area contributed by atoms with Gasteiger partial charge in [-0.2, -0.15) is 0 Å². The van der Waals surface area contributed by atoms with Gasteiger partial charge in [-0.1, -0.05) is 116 Å². The molecule has 0 saturated heterocycles. The Morgan fingerprint density at radius 2 is 1.32 bits per heavy atom. The third kappa shape index (κ3) is 7.37. The Balaban J connectivity index is 1.34. The molecule has 1 heterocycles. The molecule has 2 N–H and O–H groups in total. The predicted molar refractivity (Wildman–Crippen MR) is 168 cm³/mol. The molecular weight excluding hydrogens is 502 g/mol. The van der Waals surface area contributed by atoms with Crippen LogP contribution in [0.2, 0.25) is 0 Å².